The highest BCUT2D eigenvalue weighted by Gasteiger charge is 2.29. The van der Waals surface area contributed by atoms with Crippen LogP contribution in [-0.4, -0.2) is 48.8 Å². The van der Waals surface area contributed by atoms with Crippen LogP contribution < -0.4 is 10.6 Å². The van der Waals surface area contributed by atoms with Crippen LogP contribution in [0.25, 0.3) is 0 Å². The molecule has 1 atom stereocenters. The minimum absolute atomic E-state index is 0.00999. The monoisotopic (exact) mass is 419 g/mol. The number of rotatable bonds is 6. The quantitative estimate of drug-likeness (QED) is 0.421. The summed E-state index contributed by atoms with van der Waals surface area (Å²) < 4.78 is 0.388. The van der Waals surface area contributed by atoms with Gasteiger partial charge in [-0.25, -0.2) is 4.99 Å². The Labute approximate surface area is 161 Å². The van der Waals surface area contributed by atoms with Gasteiger partial charge in [0.1, 0.15) is 10.6 Å². The number of likely N-dealkylation sites (N-methyl/N-ethyl adjacent to an activating group) is 1. The van der Waals surface area contributed by atoms with Crippen LogP contribution >= 0.6 is 15.9 Å². The van der Waals surface area contributed by atoms with Gasteiger partial charge in [0.2, 0.25) is 5.91 Å². The second-order valence-electron chi connectivity index (χ2n) is 5.72. The Kier molecular flexibility index (Phi) is 7.23. The number of amides is 1. The predicted molar refractivity (Wildman–Crippen MR) is 108 cm³/mol. The highest BCUT2D eigenvalue weighted by Crippen LogP contribution is 2.24. The number of aliphatic imine (C=N–C) groups is 2. The largest absolute Gasteiger partial charge is 0.353 e. The van der Waals surface area contributed by atoms with Gasteiger partial charge in [0.25, 0.3) is 0 Å². The second kappa shape index (κ2) is 9.40. The molecule has 8 heteroatoms. The number of carbonyl (C=O) groups is 2. The Morgan fingerprint density at radius 2 is 2.15 bits per heavy atom. The zero-order chi connectivity index (χ0) is 19.1. The fraction of sp³-hybridized carbons (Fsp3) is 0.333. The number of amidine groups is 1. The molecule has 1 saturated heterocycles. The number of hydrogen-bond acceptors (Lipinski definition) is 5. The molecular formula is C18H22BrN5O2. The maximum absolute atomic E-state index is 12.2. The van der Waals surface area contributed by atoms with E-state index in [0.717, 1.165) is 18.7 Å². The average Bonchev–Trinajstić information content (AvgIpc) is 2.62. The van der Waals surface area contributed by atoms with Crippen LogP contribution in [0.4, 0.5) is 5.69 Å². The normalized spacial score (nSPS) is 19.0. The Balaban J connectivity index is 2.20. The third-order valence-corrected chi connectivity index (χ3v) is 4.34. The fourth-order valence-corrected chi connectivity index (χ4v) is 3.03. The number of carbonyl (C=O) groups excluding carboxylic acids is 2. The standard InChI is InChI=1S/C18H22BrN5O2/c1-4-24-10-9-21-18(26)16(24)13-5-7-14(8-6-13)22-17(12(2)25)23-15(19)11-20-3/h5-8,11,16H,3-4,9-10H2,1-2H3,(H,21,26)(H,22,23)/b15-11-. The Bertz CT molecular complexity index is 742. The summed E-state index contributed by atoms with van der Waals surface area (Å²) in [4.78, 5) is 33.9. The summed E-state index contributed by atoms with van der Waals surface area (Å²) in [7, 11) is 0. The minimum atomic E-state index is -0.292. The first-order valence-corrected chi connectivity index (χ1v) is 9.05. The van der Waals surface area contributed by atoms with Gasteiger partial charge in [0.05, 0.1) is 6.20 Å². The maximum atomic E-state index is 12.2. The third-order valence-electron chi connectivity index (χ3n) is 3.96. The summed E-state index contributed by atoms with van der Waals surface area (Å²) in [5.41, 5.74) is 1.61. The first kappa shape index (κ1) is 20.0. The molecule has 0 aromatic heterocycles. The molecule has 1 aliphatic rings. The first-order valence-electron chi connectivity index (χ1n) is 8.26. The number of piperazine rings is 1. The maximum Gasteiger partial charge on any atom is 0.242 e. The lowest BCUT2D eigenvalue weighted by atomic mass is 10.0. The van der Waals surface area contributed by atoms with Gasteiger partial charge in [-0.3, -0.25) is 19.5 Å². The number of halogens is 1. The van der Waals surface area contributed by atoms with E-state index < -0.39 is 0 Å². The summed E-state index contributed by atoms with van der Waals surface area (Å²) in [6.45, 7) is 9.11. The van der Waals surface area contributed by atoms with Crippen molar-refractivity contribution in [3.05, 3.63) is 40.6 Å². The Hall–Kier alpha value is -2.32. The van der Waals surface area contributed by atoms with Crippen molar-refractivity contribution in [2.75, 3.05) is 25.0 Å². The summed E-state index contributed by atoms with van der Waals surface area (Å²) in [5, 5.41) is 5.89. The van der Waals surface area contributed by atoms with E-state index in [9.17, 15) is 9.59 Å². The number of hydrogen-bond donors (Lipinski definition) is 2. The zero-order valence-corrected chi connectivity index (χ0v) is 16.4. The number of nitrogens with zero attached hydrogens (tertiary/aromatic N) is 3. The highest BCUT2D eigenvalue weighted by atomic mass is 79.9. The number of nitrogens with one attached hydrogen (secondary N) is 2. The molecule has 138 valence electrons. The van der Waals surface area contributed by atoms with E-state index in [-0.39, 0.29) is 23.6 Å². The summed E-state index contributed by atoms with van der Waals surface area (Å²) >= 11 is 3.20. The van der Waals surface area contributed by atoms with Crippen molar-refractivity contribution < 1.29 is 9.59 Å². The van der Waals surface area contributed by atoms with Gasteiger partial charge >= 0.3 is 0 Å². The van der Waals surface area contributed by atoms with Crippen molar-refractivity contribution in [1.82, 2.24) is 10.2 Å². The van der Waals surface area contributed by atoms with Crippen molar-refractivity contribution in [2.45, 2.75) is 19.9 Å². The second-order valence-corrected chi connectivity index (χ2v) is 6.53. The molecule has 7 nitrogen and oxygen atoms in total. The number of benzene rings is 1. The molecule has 1 amide bonds. The first-order chi connectivity index (χ1) is 12.5. The lowest BCUT2D eigenvalue weighted by Crippen LogP contribution is -2.49. The van der Waals surface area contributed by atoms with Crippen molar-refractivity contribution >= 4 is 45.9 Å². The average molecular weight is 420 g/mol. The van der Waals surface area contributed by atoms with E-state index >= 15 is 0 Å². The molecule has 1 heterocycles. The van der Waals surface area contributed by atoms with Crippen LogP contribution in [-0.2, 0) is 9.59 Å². The van der Waals surface area contributed by atoms with Gasteiger partial charge in [-0.2, -0.15) is 0 Å². The van der Waals surface area contributed by atoms with Crippen LogP contribution in [0.1, 0.15) is 25.5 Å². The SMILES string of the molecule is C=N/C=C(Br)\N=C(\Nc1ccc(C2C(=O)NCCN2CC)cc1)C(C)=O. The highest BCUT2D eigenvalue weighted by molar-refractivity contribution is 9.11. The smallest absolute Gasteiger partial charge is 0.242 e. The molecule has 0 spiro atoms. The predicted octanol–water partition coefficient (Wildman–Crippen LogP) is 2.47. The van der Waals surface area contributed by atoms with Crippen LogP contribution in [0.2, 0.25) is 0 Å². The summed E-state index contributed by atoms with van der Waals surface area (Å²) in [5.74, 6) is -0.0294. The van der Waals surface area contributed by atoms with Crippen molar-refractivity contribution in [3.8, 4) is 0 Å². The molecule has 1 unspecified atom stereocenters. The zero-order valence-electron chi connectivity index (χ0n) is 14.8. The summed E-state index contributed by atoms with van der Waals surface area (Å²) in [6, 6.07) is 7.13. The molecule has 0 aliphatic carbocycles. The van der Waals surface area contributed by atoms with E-state index in [2.05, 4.69) is 48.2 Å². The molecule has 0 bridgehead atoms. The van der Waals surface area contributed by atoms with Crippen molar-refractivity contribution in [1.29, 1.82) is 0 Å². The van der Waals surface area contributed by atoms with Gasteiger partial charge in [-0.05, 0) is 46.9 Å². The van der Waals surface area contributed by atoms with Crippen LogP contribution in [0, 0.1) is 0 Å². The summed E-state index contributed by atoms with van der Waals surface area (Å²) in [6.07, 6.45) is 1.40. The molecule has 1 aromatic carbocycles. The minimum Gasteiger partial charge on any atom is -0.353 e. The molecule has 2 N–H and O–H groups in total. The van der Waals surface area contributed by atoms with E-state index in [1.807, 2.05) is 31.2 Å². The van der Waals surface area contributed by atoms with Crippen molar-refractivity contribution in [3.63, 3.8) is 0 Å². The number of anilines is 1. The number of ketones is 1. The molecule has 0 radical (unpaired) electrons. The van der Waals surface area contributed by atoms with Crippen LogP contribution in [0.3, 0.4) is 0 Å². The van der Waals surface area contributed by atoms with Gasteiger partial charge in [0.15, 0.2) is 11.6 Å². The van der Waals surface area contributed by atoms with Gasteiger partial charge in [-0.1, -0.05) is 19.1 Å². The van der Waals surface area contributed by atoms with Crippen molar-refractivity contribution in [2.24, 2.45) is 9.98 Å². The molecule has 1 aliphatic heterocycles. The van der Waals surface area contributed by atoms with E-state index in [0.29, 0.717) is 16.8 Å². The van der Waals surface area contributed by atoms with E-state index in [1.165, 1.54) is 13.1 Å². The lowest BCUT2D eigenvalue weighted by molar-refractivity contribution is -0.129. The lowest BCUT2D eigenvalue weighted by Gasteiger charge is -2.34. The number of Topliss-reactive ketones (excluding diaryl/α,β-unsaturated/α-hetero) is 1. The molecule has 1 aromatic rings. The van der Waals surface area contributed by atoms with Crippen LogP contribution in [0.15, 0.2) is 45.1 Å². The van der Waals surface area contributed by atoms with Gasteiger partial charge < -0.3 is 10.6 Å². The molecule has 26 heavy (non-hydrogen) atoms. The molecule has 1 fully saturated rings. The molecule has 0 saturated carbocycles. The molecular weight excluding hydrogens is 398 g/mol. The van der Waals surface area contributed by atoms with Gasteiger partial charge in [-0.15, -0.1) is 0 Å². The van der Waals surface area contributed by atoms with Crippen LogP contribution in [0.5, 0.6) is 0 Å². The molecule has 2 rings (SSSR count). The van der Waals surface area contributed by atoms with E-state index in [1.54, 1.807) is 0 Å². The third kappa shape index (κ3) is 5.09. The Morgan fingerprint density at radius 1 is 1.46 bits per heavy atom. The van der Waals surface area contributed by atoms with Gasteiger partial charge in [0, 0.05) is 25.7 Å². The Morgan fingerprint density at radius 3 is 2.73 bits per heavy atom. The topological polar surface area (TPSA) is 86.2 Å². The van der Waals surface area contributed by atoms with E-state index in [4.69, 9.17) is 0 Å². The fourth-order valence-electron chi connectivity index (χ4n) is 2.71.